The quantitative estimate of drug-likeness (QED) is 0.445. The van der Waals surface area contributed by atoms with E-state index in [0.717, 1.165) is 12.0 Å². The Kier molecular flexibility index (Phi) is 2.13. The van der Waals surface area contributed by atoms with Crippen molar-refractivity contribution in [3.05, 3.63) is 23.8 Å². The van der Waals surface area contributed by atoms with E-state index < -0.39 is 0 Å². The molecule has 0 radical (unpaired) electrons. The molecule has 0 aromatic carbocycles. The van der Waals surface area contributed by atoms with E-state index in [0.29, 0.717) is 5.57 Å². The Balaban J connectivity index is 2.54. The maximum Gasteiger partial charge on any atom is 0.334 e. The molecule has 0 bridgehead atoms. The van der Waals surface area contributed by atoms with Crippen molar-refractivity contribution in [2.24, 2.45) is 0 Å². The molecule has 1 heterocycles. The van der Waals surface area contributed by atoms with Crippen molar-refractivity contribution in [2.45, 2.75) is 26.4 Å². The molecule has 1 aliphatic heterocycles. The average Bonchev–Trinajstić information content (AvgIpc) is 2.10. The van der Waals surface area contributed by atoms with Crippen LogP contribution in [0.4, 0.5) is 0 Å². The predicted octanol–water partition coefficient (Wildman–Crippen LogP) is 1.82. The maximum atomic E-state index is 10.8. The SMILES string of the molecule is C=C(C)C[C@@H]1C=C(C)C(=O)O1. The lowest BCUT2D eigenvalue weighted by Gasteiger charge is -2.06. The molecule has 2 heteroatoms. The lowest BCUT2D eigenvalue weighted by Crippen LogP contribution is -2.07. The first-order valence-corrected chi connectivity index (χ1v) is 3.63. The molecule has 1 atom stereocenters. The monoisotopic (exact) mass is 152 g/mol. The zero-order valence-electron chi connectivity index (χ0n) is 6.89. The van der Waals surface area contributed by atoms with Crippen molar-refractivity contribution in [1.29, 1.82) is 0 Å². The van der Waals surface area contributed by atoms with Gasteiger partial charge in [-0.1, -0.05) is 12.2 Å². The summed E-state index contributed by atoms with van der Waals surface area (Å²) in [7, 11) is 0. The first-order valence-electron chi connectivity index (χ1n) is 3.63. The number of esters is 1. The van der Waals surface area contributed by atoms with Crippen molar-refractivity contribution in [3.8, 4) is 0 Å². The summed E-state index contributed by atoms with van der Waals surface area (Å²) < 4.78 is 4.99. The lowest BCUT2D eigenvalue weighted by atomic mass is 10.1. The van der Waals surface area contributed by atoms with Crippen LogP contribution in [0.2, 0.25) is 0 Å². The van der Waals surface area contributed by atoms with Crippen LogP contribution in [0.1, 0.15) is 20.3 Å². The van der Waals surface area contributed by atoms with Gasteiger partial charge in [0.25, 0.3) is 0 Å². The summed E-state index contributed by atoms with van der Waals surface area (Å²) in [6.07, 6.45) is 2.51. The second-order valence-electron chi connectivity index (χ2n) is 2.95. The lowest BCUT2D eigenvalue weighted by molar-refractivity contribution is -0.139. The topological polar surface area (TPSA) is 26.3 Å². The standard InChI is InChI=1S/C9H12O2/c1-6(2)4-8-5-7(3)9(10)11-8/h5,8H,1,4H2,2-3H3/t8-/m1/s1. The number of cyclic esters (lactones) is 1. The van der Waals surface area contributed by atoms with Crippen LogP contribution in [0.15, 0.2) is 23.8 Å². The molecule has 0 N–H and O–H groups in total. The van der Waals surface area contributed by atoms with E-state index in [2.05, 4.69) is 6.58 Å². The van der Waals surface area contributed by atoms with E-state index >= 15 is 0 Å². The van der Waals surface area contributed by atoms with Crippen molar-refractivity contribution >= 4 is 5.97 Å². The van der Waals surface area contributed by atoms with Crippen LogP contribution in [0.5, 0.6) is 0 Å². The van der Waals surface area contributed by atoms with Gasteiger partial charge < -0.3 is 4.74 Å². The van der Waals surface area contributed by atoms with Crippen molar-refractivity contribution in [1.82, 2.24) is 0 Å². The molecule has 0 aliphatic carbocycles. The van der Waals surface area contributed by atoms with Gasteiger partial charge in [-0.05, 0) is 19.9 Å². The zero-order valence-corrected chi connectivity index (χ0v) is 6.89. The van der Waals surface area contributed by atoms with Crippen molar-refractivity contribution in [2.75, 3.05) is 0 Å². The highest BCUT2D eigenvalue weighted by Crippen LogP contribution is 2.17. The molecule has 11 heavy (non-hydrogen) atoms. The van der Waals surface area contributed by atoms with Gasteiger partial charge in [0.15, 0.2) is 0 Å². The van der Waals surface area contributed by atoms with Crippen LogP contribution in [0.25, 0.3) is 0 Å². The fourth-order valence-electron chi connectivity index (χ4n) is 1.06. The minimum atomic E-state index is -0.198. The Morgan fingerprint density at radius 2 is 2.45 bits per heavy atom. The zero-order chi connectivity index (χ0) is 8.43. The number of hydrogen-bond acceptors (Lipinski definition) is 2. The summed E-state index contributed by atoms with van der Waals surface area (Å²) in [4.78, 5) is 10.8. The molecule has 60 valence electrons. The summed E-state index contributed by atoms with van der Waals surface area (Å²) in [5.41, 5.74) is 1.74. The largest absolute Gasteiger partial charge is 0.454 e. The molecular formula is C9H12O2. The average molecular weight is 152 g/mol. The summed E-state index contributed by atoms with van der Waals surface area (Å²) in [5.74, 6) is -0.198. The highest BCUT2D eigenvalue weighted by molar-refractivity contribution is 5.90. The highest BCUT2D eigenvalue weighted by atomic mass is 16.5. The van der Waals surface area contributed by atoms with Gasteiger partial charge in [-0.15, -0.1) is 0 Å². The summed E-state index contributed by atoms with van der Waals surface area (Å²) in [5, 5.41) is 0. The number of carbonyl (C=O) groups excluding carboxylic acids is 1. The van der Waals surface area contributed by atoms with Gasteiger partial charge in [-0.25, -0.2) is 4.79 Å². The van der Waals surface area contributed by atoms with Crippen LogP contribution < -0.4 is 0 Å². The molecule has 0 fully saturated rings. The molecule has 0 aromatic heterocycles. The minimum Gasteiger partial charge on any atom is -0.454 e. The van der Waals surface area contributed by atoms with E-state index in [-0.39, 0.29) is 12.1 Å². The Morgan fingerprint density at radius 3 is 2.82 bits per heavy atom. The Bertz CT molecular complexity index is 226. The molecule has 1 rings (SSSR count). The second-order valence-corrected chi connectivity index (χ2v) is 2.95. The molecule has 0 unspecified atom stereocenters. The molecule has 0 spiro atoms. The fraction of sp³-hybridized carbons (Fsp3) is 0.444. The van der Waals surface area contributed by atoms with Crippen LogP contribution in [0, 0.1) is 0 Å². The van der Waals surface area contributed by atoms with E-state index in [1.54, 1.807) is 6.92 Å². The van der Waals surface area contributed by atoms with E-state index in [1.807, 2.05) is 13.0 Å². The van der Waals surface area contributed by atoms with Gasteiger partial charge in [-0.2, -0.15) is 0 Å². The summed E-state index contributed by atoms with van der Waals surface area (Å²) >= 11 is 0. The smallest absolute Gasteiger partial charge is 0.334 e. The highest BCUT2D eigenvalue weighted by Gasteiger charge is 2.21. The first-order chi connectivity index (χ1) is 5.09. The molecular weight excluding hydrogens is 140 g/mol. The third-order valence-electron chi connectivity index (χ3n) is 1.57. The Morgan fingerprint density at radius 1 is 1.82 bits per heavy atom. The third-order valence-corrected chi connectivity index (χ3v) is 1.57. The van der Waals surface area contributed by atoms with E-state index in [9.17, 15) is 4.79 Å². The van der Waals surface area contributed by atoms with Gasteiger partial charge in [0, 0.05) is 12.0 Å². The van der Waals surface area contributed by atoms with Gasteiger partial charge in [0.2, 0.25) is 0 Å². The van der Waals surface area contributed by atoms with Crippen molar-refractivity contribution in [3.63, 3.8) is 0 Å². The van der Waals surface area contributed by atoms with Crippen LogP contribution in [0.3, 0.4) is 0 Å². The maximum absolute atomic E-state index is 10.8. The van der Waals surface area contributed by atoms with Gasteiger partial charge in [-0.3, -0.25) is 0 Å². The predicted molar refractivity (Wildman–Crippen MR) is 43.1 cm³/mol. The van der Waals surface area contributed by atoms with Crippen LogP contribution in [-0.2, 0) is 9.53 Å². The molecule has 2 nitrogen and oxygen atoms in total. The Labute approximate surface area is 66.5 Å². The summed E-state index contributed by atoms with van der Waals surface area (Å²) in [6, 6.07) is 0. The van der Waals surface area contributed by atoms with Crippen LogP contribution >= 0.6 is 0 Å². The number of ether oxygens (including phenoxy) is 1. The normalized spacial score (nSPS) is 22.9. The molecule has 0 saturated heterocycles. The number of hydrogen-bond donors (Lipinski definition) is 0. The second kappa shape index (κ2) is 2.91. The number of carbonyl (C=O) groups is 1. The van der Waals surface area contributed by atoms with Gasteiger partial charge in [0.1, 0.15) is 6.10 Å². The fourth-order valence-corrected chi connectivity index (χ4v) is 1.06. The van der Waals surface area contributed by atoms with Crippen LogP contribution in [-0.4, -0.2) is 12.1 Å². The molecule has 1 aliphatic rings. The number of rotatable bonds is 2. The Hall–Kier alpha value is -1.05. The minimum absolute atomic E-state index is 0.0694. The van der Waals surface area contributed by atoms with Crippen molar-refractivity contribution < 1.29 is 9.53 Å². The molecule has 0 saturated carbocycles. The molecule has 0 amide bonds. The first kappa shape index (κ1) is 8.05. The third kappa shape index (κ3) is 1.93. The van der Waals surface area contributed by atoms with Gasteiger partial charge in [0.05, 0.1) is 0 Å². The van der Waals surface area contributed by atoms with Gasteiger partial charge >= 0.3 is 5.97 Å². The van der Waals surface area contributed by atoms with E-state index in [4.69, 9.17) is 4.74 Å². The summed E-state index contributed by atoms with van der Waals surface area (Å²) in [6.45, 7) is 7.44. The molecule has 0 aromatic rings. The van der Waals surface area contributed by atoms with E-state index in [1.165, 1.54) is 0 Å².